The lowest BCUT2D eigenvalue weighted by Gasteiger charge is -2.10. The predicted octanol–water partition coefficient (Wildman–Crippen LogP) is 4.33. The summed E-state index contributed by atoms with van der Waals surface area (Å²) in [6.07, 6.45) is 1.79. The number of thiocarbonyl (C=S) groups is 1. The van der Waals surface area contributed by atoms with Gasteiger partial charge in [0.05, 0.1) is 5.52 Å². The molecule has 1 aromatic heterocycles. The third-order valence-electron chi connectivity index (χ3n) is 3.20. The van der Waals surface area contributed by atoms with Crippen molar-refractivity contribution in [2.24, 2.45) is 0 Å². The van der Waals surface area contributed by atoms with Crippen molar-refractivity contribution < 1.29 is 0 Å². The number of fused-ring (bicyclic) bond motifs is 1. The zero-order chi connectivity index (χ0) is 13.9. The summed E-state index contributed by atoms with van der Waals surface area (Å²) in [6.45, 7) is 2.07. The van der Waals surface area contributed by atoms with Crippen molar-refractivity contribution in [3.63, 3.8) is 0 Å². The number of para-hydroxylation sites is 1. The van der Waals surface area contributed by atoms with Crippen LogP contribution in [0.4, 0.5) is 5.69 Å². The molecule has 0 amide bonds. The quantitative estimate of drug-likeness (QED) is 0.706. The second-order valence-electron chi connectivity index (χ2n) is 4.70. The van der Waals surface area contributed by atoms with Crippen LogP contribution >= 0.6 is 12.2 Å². The highest BCUT2D eigenvalue weighted by atomic mass is 32.1. The van der Waals surface area contributed by atoms with E-state index in [2.05, 4.69) is 29.4 Å². The Morgan fingerprint density at radius 1 is 1.00 bits per heavy atom. The minimum atomic E-state index is 0.715. The number of nitrogens with one attached hydrogen (secondary N) is 1. The maximum Gasteiger partial charge on any atom is 0.111 e. The zero-order valence-electron chi connectivity index (χ0n) is 11.1. The smallest absolute Gasteiger partial charge is 0.111 e. The van der Waals surface area contributed by atoms with Crippen molar-refractivity contribution in [1.29, 1.82) is 0 Å². The first kappa shape index (κ1) is 12.8. The van der Waals surface area contributed by atoms with E-state index in [1.807, 2.05) is 42.5 Å². The molecular weight excluding hydrogens is 264 g/mol. The number of anilines is 1. The largest absolute Gasteiger partial charge is 0.346 e. The Labute approximate surface area is 123 Å². The molecule has 0 atom stereocenters. The average molecular weight is 278 g/mol. The summed E-state index contributed by atoms with van der Waals surface area (Å²) in [5.41, 5.74) is 4.20. The highest BCUT2D eigenvalue weighted by molar-refractivity contribution is 7.81. The summed E-state index contributed by atoms with van der Waals surface area (Å²) in [5, 5.41) is 4.35. The van der Waals surface area contributed by atoms with Crippen LogP contribution in [0.1, 0.15) is 11.1 Å². The molecule has 3 heteroatoms. The third kappa shape index (κ3) is 2.53. The van der Waals surface area contributed by atoms with Gasteiger partial charge in [0, 0.05) is 22.8 Å². The normalized spacial score (nSPS) is 10.4. The van der Waals surface area contributed by atoms with Gasteiger partial charge in [0.25, 0.3) is 0 Å². The van der Waals surface area contributed by atoms with Gasteiger partial charge in [-0.1, -0.05) is 48.1 Å². The monoisotopic (exact) mass is 278 g/mol. The van der Waals surface area contributed by atoms with Crippen molar-refractivity contribution in [2.45, 2.75) is 6.92 Å². The summed E-state index contributed by atoms with van der Waals surface area (Å²) in [4.78, 5) is 5.07. The molecule has 0 fully saturated rings. The van der Waals surface area contributed by atoms with Gasteiger partial charge in [0.2, 0.25) is 0 Å². The van der Waals surface area contributed by atoms with Crippen LogP contribution in [0.5, 0.6) is 0 Å². The minimum absolute atomic E-state index is 0.715. The van der Waals surface area contributed by atoms with Crippen LogP contribution in [0.2, 0.25) is 0 Å². The maximum absolute atomic E-state index is 5.52. The first-order valence-electron chi connectivity index (χ1n) is 6.46. The SMILES string of the molecule is Cc1ccc(NC(=S)c2ccnc3ccccc23)cc1. The lowest BCUT2D eigenvalue weighted by molar-refractivity contribution is 1.40. The van der Waals surface area contributed by atoms with E-state index in [1.54, 1.807) is 6.20 Å². The Morgan fingerprint density at radius 2 is 1.75 bits per heavy atom. The average Bonchev–Trinajstić information content (AvgIpc) is 2.49. The number of rotatable bonds is 2. The van der Waals surface area contributed by atoms with Crippen molar-refractivity contribution >= 4 is 33.8 Å². The first-order chi connectivity index (χ1) is 9.74. The number of pyridine rings is 1. The molecule has 0 aliphatic carbocycles. The van der Waals surface area contributed by atoms with Crippen LogP contribution in [-0.2, 0) is 0 Å². The van der Waals surface area contributed by atoms with Gasteiger partial charge < -0.3 is 5.32 Å². The second-order valence-corrected chi connectivity index (χ2v) is 5.10. The fourth-order valence-corrected chi connectivity index (χ4v) is 2.43. The van der Waals surface area contributed by atoms with E-state index in [0.29, 0.717) is 4.99 Å². The van der Waals surface area contributed by atoms with E-state index < -0.39 is 0 Å². The number of hydrogen-bond acceptors (Lipinski definition) is 2. The van der Waals surface area contributed by atoms with Crippen molar-refractivity contribution in [1.82, 2.24) is 4.98 Å². The molecule has 0 bridgehead atoms. The molecule has 1 heterocycles. The third-order valence-corrected chi connectivity index (χ3v) is 3.53. The van der Waals surface area contributed by atoms with Crippen LogP contribution in [-0.4, -0.2) is 9.97 Å². The molecule has 0 aliphatic heterocycles. The Hall–Kier alpha value is -2.26. The topological polar surface area (TPSA) is 24.9 Å². The predicted molar refractivity (Wildman–Crippen MR) is 88.2 cm³/mol. The molecule has 0 saturated carbocycles. The van der Waals surface area contributed by atoms with Crippen molar-refractivity contribution in [2.75, 3.05) is 5.32 Å². The molecule has 2 nitrogen and oxygen atoms in total. The molecule has 2 aromatic carbocycles. The lowest BCUT2D eigenvalue weighted by atomic mass is 10.1. The summed E-state index contributed by atoms with van der Waals surface area (Å²) < 4.78 is 0. The van der Waals surface area contributed by atoms with Crippen LogP contribution in [0.25, 0.3) is 10.9 Å². The van der Waals surface area contributed by atoms with Gasteiger partial charge >= 0.3 is 0 Å². The van der Waals surface area contributed by atoms with Gasteiger partial charge in [0.15, 0.2) is 0 Å². The highest BCUT2D eigenvalue weighted by Gasteiger charge is 2.06. The molecule has 0 radical (unpaired) electrons. The second kappa shape index (κ2) is 5.39. The molecule has 0 aliphatic rings. The first-order valence-corrected chi connectivity index (χ1v) is 6.86. The molecule has 98 valence electrons. The number of benzene rings is 2. The minimum Gasteiger partial charge on any atom is -0.346 e. The van der Waals surface area contributed by atoms with Crippen LogP contribution in [0.15, 0.2) is 60.8 Å². The summed E-state index contributed by atoms with van der Waals surface area (Å²) >= 11 is 5.52. The highest BCUT2D eigenvalue weighted by Crippen LogP contribution is 2.18. The van der Waals surface area contributed by atoms with Gasteiger partial charge in [-0.25, -0.2) is 0 Å². The molecule has 0 spiro atoms. The van der Waals surface area contributed by atoms with Gasteiger partial charge in [-0.15, -0.1) is 0 Å². The summed E-state index contributed by atoms with van der Waals surface area (Å²) in [6, 6.07) is 18.2. The fourth-order valence-electron chi connectivity index (χ4n) is 2.13. The van der Waals surface area contributed by atoms with Gasteiger partial charge in [-0.2, -0.15) is 0 Å². The van der Waals surface area contributed by atoms with E-state index in [4.69, 9.17) is 12.2 Å². The number of nitrogens with zero attached hydrogens (tertiary/aromatic N) is 1. The number of hydrogen-bond donors (Lipinski definition) is 1. The van der Waals surface area contributed by atoms with Crippen LogP contribution in [0, 0.1) is 6.92 Å². The molecule has 3 aromatic rings. The number of aryl methyl sites for hydroxylation is 1. The molecule has 0 unspecified atom stereocenters. The Morgan fingerprint density at radius 3 is 2.55 bits per heavy atom. The molecule has 3 rings (SSSR count). The standard InChI is InChI=1S/C17H14N2S/c1-12-6-8-13(9-7-12)19-17(20)15-10-11-18-16-5-3-2-4-14(15)16/h2-11H,1H3,(H,19,20). The lowest BCUT2D eigenvalue weighted by Crippen LogP contribution is -2.11. The Kier molecular flexibility index (Phi) is 3.44. The van der Waals surface area contributed by atoms with Gasteiger partial charge in [-0.05, 0) is 31.2 Å². The van der Waals surface area contributed by atoms with E-state index in [9.17, 15) is 0 Å². The van der Waals surface area contributed by atoms with E-state index in [-0.39, 0.29) is 0 Å². The van der Waals surface area contributed by atoms with Gasteiger partial charge in [0.1, 0.15) is 4.99 Å². The Bertz CT molecular complexity index is 758. The maximum atomic E-state index is 5.52. The summed E-state index contributed by atoms with van der Waals surface area (Å²) in [7, 11) is 0. The van der Waals surface area contributed by atoms with E-state index in [0.717, 1.165) is 22.2 Å². The Balaban J connectivity index is 1.94. The van der Waals surface area contributed by atoms with E-state index >= 15 is 0 Å². The van der Waals surface area contributed by atoms with E-state index in [1.165, 1.54) is 5.56 Å². The van der Waals surface area contributed by atoms with Crippen LogP contribution in [0.3, 0.4) is 0 Å². The fraction of sp³-hybridized carbons (Fsp3) is 0.0588. The van der Waals surface area contributed by atoms with Crippen molar-refractivity contribution in [3.05, 3.63) is 71.9 Å². The molecule has 20 heavy (non-hydrogen) atoms. The van der Waals surface area contributed by atoms with Crippen molar-refractivity contribution in [3.8, 4) is 0 Å². The zero-order valence-corrected chi connectivity index (χ0v) is 11.9. The van der Waals surface area contributed by atoms with Gasteiger partial charge in [-0.3, -0.25) is 4.98 Å². The van der Waals surface area contributed by atoms with Crippen LogP contribution < -0.4 is 5.32 Å². The molecule has 0 saturated heterocycles. The summed E-state index contributed by atoms with van der Waals surface area (Å²) in [5.74, 6) is 0. The number of aromatic nitrogens is 1. The molecular formula is C17H14N2S. The molecule has 1 N–H and O–H groups in total.